The van der Waals surface area contributed by atoms with Crippen molar-refractivity contribution in [2.75, 3.05) is 27.1 Å². The van der Waals surface area contributed by atoms with Crippen molar-refractivity contribution in [1.82, 2.24) is 20.4 Å². The van der Waals surface area contributed by atoms with Gasteiger partial charge in [-0.1, -0.05) is 28.9 Å². The first-order valence-corrected chi connectivity index (χ1v) is 11.6. The maximum absolute atomic E-state index is 6.30. The number of thiocarbonyl (C=S) groups is 1. The van der Waals surface area contributed by atoms with Gasteiger partial charge in [0.05, 0.1) is 11.6 Å². The molecule has 10 heteroatoms. The van der Waals surface area contributed by atoms with Crippen molar-refractivity contribution in [2.24, 2.45) is 0 Å². The second kappa shape index (κ2) is 9.61. The Bertz CT molecular complexity index is 1260. The van der Waals surface area contributed by atoms with Crippen LogP contribution in [0.4, 0.5) is 0 Å². The van der Waals surface area contributed by atoms with Gasteiger partial charge in [0.2, 0.25) is 12.6 Å². The summed E-state index contributed by atoms with van der Waals surface area (Å²) in [5.74, 6) is 2.22. The van der Waals surface area contributed by atoms with Gasteiger partial charge in [-0.05, 0) is 61.5 Å². The van der Waals surface area contributed by atoms with Gasteiger partial charge >= 0.3 is 0 Å². The molecule has 5 rings (SSSR count). The maximum atomic E-state index is 6.30. The van der Waals surface area contributed by atoms with E-state index in [4.69, 9.17) is 47.5 Å². The standard InChI is InChI=1S/C24H23ClN4O4S/c1-14-20(23-27-22(28-33-23)16-7-8-18-19(12-16)32-13-31-18)21(15-5-3-6-17(25)11-15)26-24(34)29(14)9-4-10-30-2/h3,5-8,11-12,21H,4,9-10,13H2,1-2H3,(H,26,34). The van der Waals surface area contributed by atoms with Crippen molar-refractivity contribution in [3.05, 3.63) is 64.6 Å². The highest BCUT2D eigenvalue weighted by atomic mass is 35.5. The molecule has 0 bridgehead atoms. The molecule has 2 aliphatic rings. The molecular formula is C24H23ClN4O4S. The molecule has 8 nitrogen and oxygen atoms in total. The highest BCUT2D eigenvalue weighted by Gasteiger charge is 2.34. The number of aromatic nitrogens is 2. The minimum absolute atomic E-state index is 0.203. The lowest BCUT2D eigenvalue weighted by Crippen LogP contribution is -2.46. The Morgan fingerprint density at radius 3 is 2.88 bits per heavy atom. The van der Waals surface area contributed by atoms with Crippen LogP contribution in [0.5, 0.6) is 11.5 Å². The van der Waals surface area contributed by atoms with Crippen LogP contribution in [-0.4, -0.2) is 47.2 Å². The summed E-state index contributed by atoms with van der Waals surface area (Å²) < 4.78 is 21.9. The van der Waals surface area contributed by atoms with E-state index in [2.05, 4.69) is 10.5 Å². The summed E-state index contributed by atoms with van der Waals surface area (Å²) in [6.45, 7) is 3.54. The summed E-state index contributed by atoms with van der Waals surface area (Å²) in [7, 11) is 1.69. The summed E-state index contributed by atoms with van der Waals surface area (Å²) in [5.41, 5.74) is 3.50. The average Bonchev–Trinajstić information content (AvgIpc) is 3.50. The molecule has 1 atom stereocenters. The Hall–Kier alpha value is -3.14. The van der Waals surface area contributed by atoms with Gasteiger partial charge in [-0.3, -0.25) is 0 Å². The third kappa shape index (κ3) is 4.34. The smallest absolute Gasteiger partial charge is 0.258 e. The van der Waals surface area contributed by atoms with Crippen molar-refractivity contribution in [1.29, 1.82) is 0 Å². The van der Waals surface area contributed by atoms with Crippen LogP contribution >= 0.6 is 23.8 Å². The minimum atomic E-state index is -0.296. The molecule has 0 aliphatic carbocycles. The summed E-state index contributed by atoms with van der Waals surface area (Å²) >= 11 is 12.0. The summed E-state index contributed by atoms with van der Waals surface area (Å²) in [6.07, 6.45) is 0.817. The van der Waals surface area contributed by atoms with Crippen molar-refractivity contribution in [2.45, 2.75) is 19.4 Å². The molecule has 3 heterocycles. The second-order valence-electron chi connectivity index (χ2n) is 7.93. The normalized spacial score (nSPS) is 17.3. The van der Waals surface area contributed by atoms with Crippen LogP contribution < -0.4 is 14.8 Å². The third-order valence-corrected chi connectivity index (χ3v) is 6.37. The van der Waals surface area contributed by atoms with Gasteiger partial charge in [-0.15, -0.1) is 0 Å². The quantitative estimate of drug-likeness (QED) is 0.364. The van der Waals surface area contributed by atoms with Gasteiger partial charge in [0.1, 0.15) is 0 Å². The number of nitrogens with one attached hydrogen (secondary N) is 1. The molecule has 2 aliphatic heterocycles. The highest BCUT2D eigenvalue weighted by Crippen LogP contribution is 2.39. The number of rotatable bonds is 7. The Kier molecular flexibility index (Phi) is 6.40. The molecule has 0 saturated heterocycles. The summed E-state index contributed by atoms with van der Waals surface area (Å²) in [5, 5.41) is 8.94. The zero-order valence-electron chi connectivity index (χ0n) is 18.7. The number of halogens is 1. The monoisotopic (exact) mass is 498 g/mol. The van der Waals surface area contributed by atoms with Gasteiger partial charge in [0, 0.05) is 36.5 Å². The third-order valence-electron chi connectivity index (χ3n) is 5.80. The van der Waals surface area contributed by atoms with E-state index in [0.717, 1.165) is 28.8 Å². The Balaban J connectivity index is 1.55. The summed E-state index contributed by atoms with van der Waals surface area (Å²) in [6, 6.07) is 12.9. The fourth-order valence-corrected chi connectivity index (χ4v) is 4.66. The largest absolute Gasteiger partial charge is 0.454 e. The van der Waals surface area contributed by atoms with Crippen LogP contribution in [0.3, 0.4) is 0 Å². The number of ether oxygens (including phenoxy) is 3. The van der Waals surface area contributed by atoms with Crippen molar-refractivity contribution in [3.8, 4) is 22.9 Å². The number of hydrogen-bond donors (Lipinski definition) is 1. The van der Waals surface area contributed by atoms with Gasteiger partial charge in [0.25, 0.3) is 5.89 Å². The lowest BCUT2D eigenvalue weighted by Gasteiger charge is -2.37. The number of methoxy groups -OCH3 is 1. The van der Waals surface area contributed by atoms with E-state index < -0.39 is 0 Å². The molecule has 2 aromatic carbocycles. The zero-order chi connectivity index (χ0) is 23.7. The van der Waals surface area contributed by atoms with Crippen LogP contribution in [0.1, 0.15) is 30.8 Å². The van der Waals surface area contributed by atoms with E-state index in [9.17, 15) is 0 Å². The zero-order valence-corrected chi connectivity index (χ0v) is 20.3. The molecule has 0 spiro atoms. The van der Waals surface area contributed by atoms with Crippen LogP contribution in [0.15, 0.2) is 52.7 Å². The number of allylic oxidation sites excluding steroid dienone is 1. The van der Waals surface area contributed by atoms with E-state index in [1.165, 1.54) is 0 Å². The Morgan fingerprint density at radius 1 is 1.21 bits per heavy atom. The van der Waals surface area contributed by atoms with E-state index >= 15 is 0 Å². The molecule has 0 fully saturated rings. The molecule has 34 heavy (non-hydrogen) atoms. The first-order chi connectivity index (χ1) is 16.5. The lowest BCUT2D eigenvalue weighted by atomic mass is 9.94. The number of nitrogens with zero attached hydrogens (tertiary/aromatic N) is 3. The highest BCUT2D eigenvalue weighted by molar-refractivity contribution is 7.80. The summed E-state index contributed by atoms with van der Waals surface area (Å²) in [4.78, 5) is 6.77. The molecule has 1 N–H and O–H groups in total. The van der Waals surface area contributed by atoms with E-state index in [1.54, 1.807) is 7.11 Å². The number of benzene rings is 2. The molecule has 176 valence electrons. The first-order valence-electron chi connectivity index (χ1n) is 10.8. The maximum Gasteiger partial charge on any atom is 0.258 e. The average molecular weight is 499 g/mol. The fourth-order valence-electron chi connectivity index (χ4n) is 4.12. The van der Waals surface area contributed by atoms with Crippen LogP contribution in [0.2, 0.25) is 5.02 Å². The van der Waals surface area contributed by atoms with E-state index in [-0.39, 0.29) is 12.8 Å². The van der Waals surface area contributed by atoms with Crippen LogP contribution in [-0.2, 0) is 4.74 Å². The van der Waals surface area contributed by atoms with Crippen molar-refractivity contribution >= 4 is 34.5 Å². The Morgan fingerprint density at radius 2 is 2.06 bits per heavy atom. The van der Waals surface area contributed by atoms with Crippen LogP contribution in [0, 0.1) is 0 Å². The van der Waals surface area contributed by atoms with Gasteiger partial charge in [0.15, 0.2) is 16.6 Å². The predicted octanol–water partition coefficient (Wildman–Crippen LogP) is 4.82. The molecule has 1 unspecified atom stereocenters. The molecule has 3 aromatic rings. The van der Waals surface area contributed by atoms with Crippen molar-refractivity contribution < 1.29 is 18.7 Å². The predicted molar refractivity (Wildman–Crippen MR) is 132 cm³/mol. The topological polar surface area (TPSA) is 81.9 Å². The second-order valence-corrected chi connectivity index (χ2v) is 8.75. The van der Waals surface area contributed by atoms with Gasteiger partial charge < -0.3 is 29.0 Å². The van der Waals surface area contributed by atoms with E-state index in [1.807, 2.05) is 54.3 Å². The Labute approximate surface area is 207 Å². The lowest BCUT2D eigenvalue weighted by molar-refractivity contribution is 0.174. The van der Waals surface area contributed by atoms with Crippen molar-refractivity contribution in [3.63, 3.8) is 0 Å². The van der Waals surface area contributed by atoms with Crippen LogP contribution in [0.25, 0.3) is 17.0 Å². The molecule has 1 aromatic heterocycles. The molecule has 0 radical (unpaired) electrons. The molecule has 0 amide bonds. The van der Waals surface area contributed by atoms with Gasteiger partial charge in [-0.25, -0.2) is 0 Å². The molecular weight excluding hydrogens is 476 g/mol. The van der Waals surface area contributed by atoms with E-state index in [0.29, 0.717) is 46.5 Å². The first kappa shape index (κ1) is 22.6. The van der Waals surface area contributed by atoms with Gasteiger partial charge in [-0.2, -0.15) is 4.98 Å². The fraction of sp³-hybridized carbons (Fsp3) is 0.292. The molecule has 0 saturated carbocycles. The minimum Gasteiger partial charge on any atom is -0.454 e. The number of fused-ring (bicyclic) bond motifs is 1. The SMILES string of the molecule is COCCCN1C(=S)NC(c2cccc(Cl)c2)C(c2nc(-c3ccc4c(c3)OCO4)no2)=C1C. The number of hydrogen-bond acceptors (Lipinski definition) is 7.